The van der Waals surface area contributed by atoms with E-state index < -0.39 is 5.97 Å². The number of nitrogens with zero attached hydrogens (tertiary/aromatic N) is 1. The number of rotatable bonds is 6. The van der Waals surface area contributed by atoms with Crippen LogP contribution in [0, 0.1) is 0 Å². The summed E-state index contributed by atoms with van der Waals surface area (Å²) in [5.41, 5.74) is 1.14. The molecule has 1 N–H and O–H groups in total. The molecule has 102 valence electrons. The highest BCUT2D eigenvalue weighted by Crippen LogP contribution is 2.22. The van der Waals surface area contributed by atoms with Gasteiger partial charge in [0.05, 0.1) is 6.54 Å². The maximum atomic E-state index is 10.8. The minimum absolute atomic E-state index is 0. The molecule has 0 radical (unpaired) electrons. The Labute approximate surface area is 123 Å². The van der Waals surface area contributed by atoms with Gasteiger partial charge < -0.3 is 5.11 Å². The molecule has 0 saturated carbocycles. The zero-order valence-electron chi connectivity index (χ0n) is 10.6. The summed E-state index contributed by atoms with van der Waals surface area (Å²) in [6.45, 7) is 4.99. The van der Waals surface area contributed by atoms with Crippen molar-refractivity contribution in [1.29, 1.82) is 0 Å². The van der Waals surface area contributed by atoms with Gasteiger partial charge in [0, 0.05) is 10.5 Å². The maximum Gasteiger partial charge on any atom is 0.317 e. The normalized spacial score (nSPS) is 12.0. The predicted octanol–water partition coefficient (Wildman–Crippen LogP) is 3.73. The van der Waals surface area contributed by atoms with Gasteiger partial charge in [0.15, 0.2) is 0 Å². The number of hydrogen-bond donors (Lipinski definition) is 1. The minimum atomic E-state index is -0.776. The van der Waals surface area contributed by atoms with Crippen molar-refractivity contribution in [2.24, 2.45) is 0 Å². The molecule has 0 aliphatic heterocycles. The van der Waals surface area contributed by atoms with Gasteiger partial charge >= 0.3 is 5.97 Å². The first-order valence-corrected chi connectivity index (χ1v) is 6.55. The molecule has 1 atom stereocenters. The first-order valence-electron chi connectivity index (χ1n) is 5.76. The largest absolute Gasteiger partial charge is 0.480 e. The molecule has 3 nitrogen and oxygen atoms in total. The zero-order chi connectivity index (χ0) is 12.8. The van der Waals surface area contributed by atoms with Gasteiger partial charge in [0.25, 0.3) is 0 Å². The average Bonchev–Trinajstić information content (AvgIpc) is 2.28. The molecule has 0 spiro atoms. The Morgan fingerprint density at radius 1 is 1.39 bits per heavy atom. The lowest BCUT2D eigenvalue weighted by molar-refractivity contribution is -0.138. The molecule has 1 unspecified atom stereocenters. The van der Waals surface area contributed by atoms with Crippen molar-refractivity contribution in [2.45, 2.75) is 26.3 Å². The summed E-state index contributed by atoms with van der Waals surface area (Å²) in [4.78, 5) is 12.8. The lowest BCUT2D eigenvalue weighted by Gasteiger charge is -2.27. The molecular formula is C13H19BrClNO2. The standard InChI is InChI=1S/C13H18BrNO2.ClH/c1-3-8-15(9-13(16)17)10(2)11-4-6-12(14)7-5-11;/h4-7,10H,3,8-9H2,1-2H3,(H,16,17);1H. The highest BCUT2D eigenvalue weighted by molar-refractivity contribution is 9.10. The van der Waals surface area contributed by atoms with Crippen LogP contribution in [0.5, 0.6) is 0 Å². The van der Waals surface area contributed by atoms with Crippen LogP contribution in [-0.2, 0) is 4.79 Å². The van der Waals surface area contributed by atoms with E-state index in [0.717, 1.165) is 23.0 Å². The number of carbonyl (C=O) groups is 1. The molecule has 0 amide bonds. The molecule has 18 heavy (non-hydrogen) atoms. The lowest BCUT2D eigenvalue weighted by atomic mass is 10.1. The number of halogens is 2. The van der Waals surface area contributed by atoms with Gasteiger partial charge in [-0.15, -0.1) is 12.4 Å². The molecule has 5 heteroatoms. The Balaban J connectivity index is 0.00000289. The van der Waals surface area contributed by atoms with E-state index in [1.807, 2.05) is 36.1 Å². The fourth-order valence-corrected chi connectivity index (χ4v) is 2.09. The van der Waals surface area contributed by atoms with Gasteiger partial charge in [-0.05, 0) is 37.6 Å². The highest BCUT2D eigenvalue weighted by atomic mass is 79.9. The average molecular weight is 337 g/mol. The van der Waals surface area contributed by atoms with Crippen molar-refractivity contribution >= 4 is 34.3 Å². The number of hydrogen-bond acceptors (Lipinski definition) is 2. The van der Waals surface area contributed by atoms with Gasteiger partial charge in [0.1, 0.15) is 0 Å². The first-order chi connectivity index (χ1) is 8.04. The van der Waals surface area contributed by atoms with Crippen molar-refractivity contribution in [3.05, 3.63) is 34.3 Å². The van der Waals surface area contributed by atoms with Crippen LogP contribution >= 0.6 is 28.3 Å². The predicted molar refractivity (Wildman–Crippen MR) is 79.3 cm³/mol. The fraction of sp³-hybridized carbons (Fsp3) is 0.462. The smallest absolute Gasteiger partial charge is 0.317 e. The summed E-state index contributed by atoms with van der Waals surface area (Å²) in [5, 5.41) is 8.90. The van der Waals surface area contributed by atoms with Crippen molar-refractivity contribution in [1.82, 2.24) is 4.90 Å². The Kier molecular flexibility index (Phi) is 8.24. The second-order valence-corrected chi connectivity index (χ2v) is 5.01. The van der Waals surface area contributed by atoms with E-state index >= 15 is 0 Å². The Hall–Kier alpha value is -0.580. The third kappa shape index (κ3) is 5.38. The SMILES string of the molecule is CCCN(CC(=O)O)C(C)c1ccc(Br)cc1.Cl. The lowest BCUT2D eigenvalue weighted by Crippen LogP contribution is -2.33. The van der Waals surface area contributed by atoms with Crippen molar-refractivity contribution < 1.29 is 9.90 Å². The van der Waals surface area contributed by atoms with Crippen LogP contribution in [0.4, 0.5) is 0 Å². The second-order valence-electron chi connectivity index (χ2n) is 4.09. The molecule has 1 aromatic carbocycles. The highest BCUT2D eigenvalue weighted by Gasteiger charge is 2.17. The quantitative estimate of drug-likeness (QED) is 0.860. The van der Waals surface area contributed by atoms with Gasteiger partial charge in [0.2, 0.25) is 0 Å². The Bertz CT molecular complexity index is 370. The number of aliphatic carboxylic acids is 1. The molecule has 0 bridgehead atoms. The third-order valence-electron chi connectivity index (χ3n) is 2.75. The number of benzene rings is 1. The van der Waals surface area contributed by atoms with Crippen LogP contribution in [0.3, 0.4) is 0 Å². The van der Waals surface area contributed by atoms with E-state index in [1.54, 1.807) is 0 Å². The third-order valence-corrected chi connectivity index (χ3v) is 3.28. The van der Waals surface area contributed by atoms with Gasteiger partial charge in [-0.25, -0.2) is 0 Å². The number of carboxylic acid groups (broad SMARTS) is 1. The first kappa shape index (κ1) is 17.4. The van der Waals surface area contributed by atoms with E-state index in [0.29, 0.717) is 0 Å². The van der Waals surface area contributed by atoms with Crippen LogP contribution in [0.1, 0.15) is 31.9 Å². The van der Waals surface area contributed by atoms with Crippen LogP contribution in [0.2, 0.25) is 0 Å². The van der Waals surface area contributed by atoms with Crippen LogP contribution < -0.4 is 0 Å². The summed E-state index contributed by atoms with van der Waals surface area (Å²) in [7, 11) is 0. The topological polar surface area (TPSA) is 40.5 Å². The minimum Gasteiger partial charge on any atom is -0.480 e. The molecule has 0 saturated heterocycles. The second kappa shape index (κ2) is 8.51. The molecule has 0 aromatic heterocycles. The van der Waals surface area contributed by atoms with Crippen LogP contribution in [-0.4, -0.2) is 29.1 Å². The maximum absolute atomic E-state index is 10.8. The molecular weight excluding hydrogens is 318 g/mol. The summed E-state index contributed by atoms with van der Waals surface area (Å²) >= 11 is 3.39. The van der Waals surface area contributed by atoms with Crippen molar-refractivity contribution in [3.8, 4) is 0 Å². The van der Waals surface area contributed by atoms with Crippen molar-refractivity contribution in [2.75, 3.05) is 13.1 Å². The van der Waals surface area contributed by atoms with E-state index in [4.69, 9.17) is 5.11 Å². The fourth-order valence-electron chi connectivity index (χ4n) is 1.82. The molecule has 1 rings (SSSR count). The van der Waals surface area contributed by atoms with Crippen LogP contribution in [0.25, 0.3) is 0 Å². The summed E-state index contributed by atoms with van der Waals surface area (Å²) in [6, 6.07) is 8.14. The summed E-state index contributed by atoms with van der Waals surface area (Å²) < 4.78 is 1.04. The van der Waals surface area contributed by atoms with E-state index in [2.05, 4.69) is 22.9 Å². The van der Waals surface area contributed by atoms with Crippen LogP contribution in [0.15, 0.2) is 28.7 Å². The molecule has 1 aromatic rings. The zero-order valence-corrected chi connectivity index (χ0v) is 13.0. The Morgan fingerprint density at radius 2 is 1.94 bits per heavy atom. The van der Waals surface area contributed by atoms with Gasteiger partial charge in [-0.3, -0.25) is 9.69 Å². The van der Waals surface area contributed by atoms with Gasteiger partial charge in [-0.1, -0.05) is 35.0 Å². The molecule has 0 fully saturated rings. The summed E-state index contributed by atoms with van der Waals surface area (Å²) in [5.74, 6) is -0.776. The molecule has 0 aliphatic carbocycles. The van der Waals surface area contributed by atoms with E-state index in [9.17, 15) is 4.79 Å². The monoisotopic (exact) mass is 335 g/mol. The van der Waals surface area contributed by atoms with Crippen molar-refractivity contribution in [3.63, 3.8) is 0 Å². The summed E-state index contributed by atoms with van der Waals surface area (Å²) in [6.07, 6.45) is 0.953. The Morgan fingerprint density at radius 3 is 2.39 bits per heavy atom. The van der Waals surface area contributed by atoms with E-state index in [1.165, 1.54) is 0 Å². The molecule has 0 aliphatic rings. The van der Waals surface area contributed by atoms with Gasteiger partial charge in [-0.2, -0.15) is 0 Å². The molecule has 0 heterocycles. The van der Waals surface area contributed by atoms with E-state index in [-0.39, 0.29) is 25.0 Å². The number of carboxylic acids is 1.